The number of hydrogen-bond donors (Lipinski definition) is 2. The van der Waals surface area contributed by atoms with Gasteiger partial charge in [0.05, 0.1) is 16.8 Å². The zero-order valence-corrected chi connectivity index (χ0v) is 16.0. The Bertz CT molecular complexity index is 1080. The van der Waals surface area contributed by atoms with E-state index in [4.69, 9.17) is 4.74 Å². The summed E-state index contributed by atoms with van der Waals surface area (Å²) in [6.45, 7) is 1.80. The molecular weight excluding hydrogens is 402 g/mol. The molecule has 0 saturated carbocycles. The van der Waals surface area contributed by atoms with Gasteiger partial charge in [-0.2, -0.15) is 22.5 Å². The second-order valence-corrected chi connectivity index (χ2v) is 6.32. The van der Waals surface area contributed by atoms with E-state index < -0.39 is 29.2 Å². The first-order valence-corrected chi connectivity index (χ1v) is 8.79. The molecule has 156 valence electrons. The third-order valence-corrected chi connectivity index (χ3v) is 4.23. The molecular formula is C21H17F4N3O2. The molecule has 0 spiro atoms. The van der Waals surface area contributed by atoms with Crippen molar-refractivity contribution in [3.05, 3.63) is 77.2 Å². The van der Waals surface area contributed by atoms with Gasteiger partial charge in [0.15, 0.2) is 0 Å². The fraction of sp³-hybridized carbons (Fsp3) is 0.143. The van der Waals surface area contributed by atoms with Gasteiger partial charge in [-0.1, -0.05) is 12.1 Å². The highest BCUT2D eigenvalue weighted by Crippen LogP contribution is 2.32. The van der Waals surface area contributed by atoms with Crippen LogP contribution in [0.25, 0.3) is 0 Å². The first-order chi connectivity index (χ1) is 14.2. The predicted molar refractivity (Wildman–Crippen MR) is 104 cm³/mol. The van der Waals surface area contributed by atoms with Crippen molar-refractivity contribution in [1.29, 1.82) is 0 Å². The van der Waals surface area contributed by atoms with Crippen molar-refractivity contribution in [2.24, 2.45) is 0 Å². The van der Waals surface area contributed by atoms with E-state index in [0.717, 1.165) is 23.4 Å². The van der Waals surface area contributed by atoms with Gasteiger partial charge >= 0.3 is 6.18 Å². The van der Waals surface area contributed by atoms with Crippen LogP contribution in [-0.2, 0) is 6.18 Å². The average molecular weight is 419 g/mol. The van der Waals surface area contributed by atoms with Crippen molar-refractivity contribution in [3.8, 4) is 11.6 Å². The SMILES string of the molecule is CNc1ccc(Oc2ccc(NC(=O)c3ccccc3C(F)(F)F)c(F)n2)c(C)c1. The topological polar surface area (TPSA) is 63.2 Å². The molecule has 5 nitrogen and oxygen atoms in total. The first kappa shape index (κ1) is 21.1. The summed E-state index contributed by atoms with van der Waals surface area (Å²) in [4.78, 5) is 15.9. The normalized spacial score (nSPS) is 11.1. The van der Waals surface area contributed by atoms with Crippen molar-refractivity contribution in [1.82, 2.24) is 4.98 Å². The summed E-state index contributed by atoms with van der Waals surface area (Å²) in [5.41, 5.74) is -0.450. The van der Waals surface area contributed by atoms with Crippen LogP contribution < -0.4 is 15.4 Å². The lowest BCUT2D eigenvalue weighted by Gasteiger charge is -2.13. The van der Waals surface area contributed by atoms with Crippen LogP contribution in [0.4, 0.5) is 28.9 Å². The molecule has 0 saturated heterocycles. The summed E-state index contributed by atoms with van der Waals surface area (Å²) >= 11 is 0. The number of carbonyl (C=O) groups excluding carboxylic acids is 1. The first-order valence-electron chi connectivity index (χ1n) is 8.79. The molecule has 1 heterocycles. The largest absolute Gasteiger partial charge is 0.439 e. The molecule has 3 rings (SSSR count). The molecule has 0 aliphatic rings. The van der Waals surface area contributed by atoms with Gasteiger partial charge in [-0.25, -0.2) is 0 Å². The molecule has 0 atom stereocenters. The lowest BCUT2D eigenvalue weighted by Crippen LogP contribution is -2.19. The number of hydrogen-bond acceptors (Lipinski definition) is 4. The fourth-order valence-electron chi connectivity index (χ4n) is 2.72. The number of aromatic nitrogens is 1. The number of benzene rings is 2. The van der Waals surface area contributed by atoms with E-state index in [9.17, 15) is 22.4 Å². The number of amides is 1. The monoisotopic (exact) mass is 419 g/mol. The molecule has 30 heavy (non-hydrogen) atoms. The zero-order chi connectivity index (χ0) is 21.9. The third kappa shape index (κ3) is 4.68. The van der Waals surface area contributed by atoms with Crippen molar-refractivity contribution in [3.63, 3.8) is 0 Å². The Morgan fingerprint density at radius 1 is 1.07 bits per heavy atom. The van der Waals surface area contributed by atoms with Crippen LogP contribution in [0, 0.1) is 12.9 Å². The third-order valence-electron chi connectivity index (χ3n) is 4.23. The van der Waals surface area contributed by atoms with Gasteiger partial charge in [0.25, 0.3) is 5.91 Å². The molecule has 0 bridgehead atoms. The summed E-state index contributed by atoms with van der Waals surface area (Å²) in [6, 6.07) is 12.0. The van der Waals surface area contributed by atoms with Gasteiger partial charge in [0.2, 0.25) is 11.8 Å². The van der Waals surface area contributed by atoms with Gasteiger partial charge in [-0.3, -0.25) is 4.79 Å². The minimum atomic E-state index is -4.72. The Morgan fingerprint density at radius 3 is 2.43 bits per heavy atom. The van der Waals surface area contributed by atoms with E-state index in [0.29, 0.717) is 5.75 Å². The number of ether oxygens (including phenoxy) is 1. The summed E-state index contributed by atoms with van der Waals surface area (Å²) < 4.78 is 59.1. The summed E-state index contributed by atoms with van der Waals surface area (Å²) in [5, 5.41) is 5.09. The lowest BCUT2D eigenvalue weighted by molar-refractivity contribution is -0.137. The Labute approximate surface area is 169 Å². The minimum Gasteiger partial charge on any atom is -0.439 e. The van der Waals surface area contributed by atoms with Gasteiger partial charge in [-0.05, 0) is 48.9 Å². The maximum absolute atomic E-state index is 14.3. The van der Waals surface area contributed by atoms with Crippen LogP contribution >= 0.6 is 0 Å². The van der Waals surface area contributed by atoms with Crippen molar-refractivity contribution < 1.29 is 27.1 Å². The molecule has 3 aromatic rings. The van der Waals surface area contributed by atoms with E-state index in [1.807, 2.05) is 6.07 Å². The van der Waals surface area contributed by atoms with Crippen molar-refractivity contribution in [2.45, 2.75) is 13.1 Å². The molecule has 1 aromatic heterocycles. The second kappa shape index (κ2) is 8.40. The smallest absolute Gasteiger partial charge is 0.417 e. The maximum Gasteiger partial charge on any atom is 0.417 e. The second-order valence-electron chi connectivity index (χ2n) is 6.32. The predicted octanol–water partition coefficient (Wildman–Crippen LogP) is 5.63. The number of carbonyl (C=O) groups is 1. The molecule has 2 N–H and O–H groups in total. The van der Waals surface area contributed by atoms with E-state index in [-0.39, 0.29) is 11.6 Å². The lowest BCUT2D eigenvalue weighted by atomic mass is 10.1. The van der Waals surface area contributed by atoms with Crippen LogP contribution in [0.1, 0.15) is 21.5 Å². The fourth-order valence-corrected chi connectivity index (χ4v) is 2.72. The quantitative estimate of drug-likeness (QED) is 0.415. The highest BCUT2D eigenvalue weighted by molar-refractivity contribution is 6.05. The van der Waals surface area contributed by atoms with Gasteiger partial charge < -0.3 is 15.4 Å². The number of aryl methyl sites for hydroxylation is 1. The number of nitrogens with one attached hydrogen (secondary N) is 2. The number of halogens is 4. The van der Waals surface area contributed by atoms with Crippen molar-refractivity contribution >= 4 is 17.3 Å². The maximum atomic E-state index is 14.3. The van der Waals surface area contributed by atoms with Crippen LogP contribution in [0.2, 0.25) is 0 Å². The van der Waals surface area contributed by atoms with Gasteiger partial charge in [-0.15, -0.1) is 0 Å². The van der Waals surface area contributed by atoms with E-state index in [2.05, 4.69) is 15.6 Å². The Balaban J connectivity index is 1.79. The Morgan fingerprint density at radius 2 is 1.80 bits per heavy atom. The highest BCUT2D eigenvalue weighted by Gasteiger charge is 2.35. The number of nitrogens with zero attached hydrogens (tertiary/aromatic N) is 1. The highest BCUT2D eigenvalue weighted by atomic mass is 19.4. The van der Waals surface area contributed by atoms with Crippen molar-refractivity contribution in [2.75, 3.05) is 17.7 Å². The summed E-state index contributed by atoms with van der Waals surface area (Å²) in [5.74, 6) is -1.80. The number of rotatable bonds is 5. The molecule has 0 fully saturated rings. The van der Waals surface area contributed by atoms with E-state index in [1.165, 1.54) is 24.3 Å². The van der Waals surface area contributed by atoms with Gasteiger partial charge in [0.1, 0.15) is 5.75 Å². The average Bonchev–Trinajstić information content (AvgIpc) is 2.70. The molecule has 0 radical (unpaired) electrons. The van der Waals surface area contributed by atoms with E-state index >= 15 is 0 Å². The molecule has 1 amide bonds. The molecule has 2 aromatic carbocycles. The van der Waals surface area contributed by atoms with Gasteiger partial charge in [0, 0.05) is 18.8 Å². The molecule has 9 heteroatoms. The number of anilines is 2. The standard InChI is InChI=1S/C21H17F4N3O2/c1-12-11-13(26-2)7-9-17(12)30-18-10-8-16(19(22)28-18)27-20(29)14-5-3-4-6-15(14)21(23,24)25/h3-11,26H,1-2H3,(H,27,29). The number of pyridine rings is 1. The molecule has 0 aliphatic heterocycles. The zero-order valence-electron chi connectivity index (χ0n) is 16.0. The van der Waals surface area contributed by atoms with Crippen LogP contribution in [-0.4, -0.2) is 17.9 Å². The van der Waals surface area contributed by atoms with Crippen LogP contribution in [0.15, 0.2) is 54.6 Å². The minimum absolute atomic E-state index is 0.0681. The molecule has 0 unspecified atom stereocenters. The van der Waals surface area contributed by atoms with Crippen LogP contribution in [0.5, 0.6) is 11.6 Å². The van der Waals surface area contributed by atoms with Crippen LogP contribution in [0.3, 0.4) is 0 Å². The number of alkyl halides is 3. The molecule has 0 aliphatic carbocycles. The summed E-state index contributed by atoms with van der Waals surface area (Å²) in [7, 11) is 1.77. The van der Waals surface area contributed by atoms with E-state index in [1.54, 1.807) is 26.1 Å². The Hall–Kier alpha value is -3.62. The summed E-state index contributed by atoms with van der Waals surface area (Å²) in [6.07, 6.45) is -4.72. The Kier molecular flexibility index (Phi) is 5.91.